The molecule has 0 atom stereocenters. The van der Waals surface area contributed by atoms with Crippen LogP contribution in [0.1, 0.15) is 37.0 Å². The Morgan fingerprint density at radius 1 is 1.00 bits per heavy atom. The predicted octanol–water partition coefficient (Wildman–Crippen LogP) is 3.05. The van der Waals surface area contributed by atoms with Gasteiger partial charge < -0.3 is 10.2 Å². The van der Waals surface area contributed by atoms with Crippen LogP contribution in [0.3, 0.4) is 0 Å². The smallest absolute Gasteiger partial charge is 0.251 e. The lowest BCUT2D eigenvalue weighted by Crippen LogP contribution is -2.46. The maximum absolute atomic E-state index is 12.7. The Hall–Kier alpha value is -2.42. The summed E-state index contributed by atoms with van der Waals surface area (Å²) in [6.45, 7) is 9.40. The number of rotatable bonds is 10. The Labute approximate surface area is 198 Å². The molecule has 1 fully saturated rings. The molecule has 2 aromatic rings. The molecule has 0 aromatic heterocycles. The van der Waals surface area contributed by atoms with Gasteiger partial charge in [0, 0.05) is 57.1 Å². The highest BCUT2D eigenvalue weighted by Crippen LogP contribution is 2.18. The molecule has 2 aromatic carbocycles. The van der Waals surface area contributed by atoms with Crippen molar-refractivity contribution in [3.05, 3.63) is 60.2 Å². The third-order valence-corrected chi connectivity index (χ3v) is 8.21. The van der Waals surface area contributed by atoms with Crippen LogP contribution < -0.4 is 10.2 Å². The van der Waals surface area contributed by atoms with Crippen molar-refractivity contribution in [3.8, 4) is 0 Å². The van der Waals surface area contributed by atoms with E-state index in [0.717, 1.165) is 45.6 Å². The summed E-state index contributed by atoms with van der Waals surface area (Å²) >= 11 is 0. The van der Waals surface area contributed by atoms with Crippen LogP contribution in [-0.4, -0.2) is 75.9 Å². The van der Waals surface area contributed by atoms with Crippen molar-refractivity contribution >= 4 is 21.6 Å². The van der Waals surface area contributed by atoms with E-state index in [1.165, 1.54) is 22.1 Å². The molecule has 180 valence electrons. The summed E-state index contributed by atoms with van der Waals surface area (Å²) < 4.78 is 26.7. The summed E-state index contributed by atoms with van der Waals surface area (Å²) in [6, 6.07) is 16.6. The lowest BCUT2D eigenvalue weighted by molar-refractivity contribution is 0.0952. The first kappa shape index (κ1) is 25.2. The largest absolute Gasteiger partial charge is 0.369 e. The molecule has 1 heterocycles. The SMILES string of the molecule is CC(C)N(C)S(=O)(=O)c1cccc(C(=O)NCCCCN2CCN(c3ccccc3)CC2)c1. The third-order valence-electron chi connectivity index (χ3n) is 6.18. The van der Waals surface area contributed by atoms with E-state index in [-0.39, 0.29) is 16.8 Å². The van der Waals surface area contributed by atoms with E-state index < -0.39 is 10.0 Å². The van der Waals surface area contributed by atoms with Gasteiger partial charge in [0.05, 0.1) is 4.90 Å². The molecule has 0 unspecified atom stereocenters. The number of amides is 1. The van der Waals surface area contributed by atoms with Gasteiger partial charge in [-0.3, -0.25) is 9.69 Å². The van der Waals surface area contributed by atoms with Gasteiger partial charge in [-0.1, -0.05) is 24.3 Å². The highest BCUT2D eigenvalue weighted by Gasteiger charge is 2.24. The van der Waals surface area contributed by atoms with Gasteiger partial charge in [0.2, 0.25) is 10.0 Å². The minimum atomic E-state index is -3.61. The number of anilines is 1. The number of hydrogen-bond donors (Lipinski definition) is 1. The number of sulfonamides is 1. The van der Waals surface area contributed by atoms with Crippen LogP contribution in [0.5, 0.6) is 0 Å². The van der Waals surface area contributed by atoms with Crippen molar-refractivity contribution in [2.45, 2.75) is 37.6 Å². The van der Waals surface area contributed by atoms with Crippen molar-refractivity contribution in [2.75, 3.05) is 51.2 Å². The quantitative estimate of drug-likeness (QED) is 0.538. The van der Waals surface area contributed by atoms with Gasteiger partial charge >= 0.3 is 0 Å². The van der Waals surface area contributed by atoms with E-state index in [1.54, 1.807) is 19.2 Å². The minimum Gasteiger partial charge on any atom is -0.369 e. The lowest BCUT2D eigenvalue weighted by Gasteiger charge is -2.36. The van der Waals surface area contributed by atoms with Crippen LogP contribution in [0.4, 0.5) is 5.69 Å². The summed E-state index contributed by atoms with van der Waals surface area (Å²) in [5, 5.41) is 2.92. The molecule has 1 aliphatic rings. The Morgan fingerprint density at radius 2 is 1.70 bits per heavy atom. The van der Waals surface area contributed by atoms with E-state index >= 15 is 0 Å². The summed E-state index contributed by atoms with van der Waals surface area (Å²) in [7, 11) is -2.06. The highest BCUT2D eigenvalue weighted by molar-refractivity contribution is 7.89. The molecule has 0 spiro atoms. The number of nitrogens with zero attached hydrogens (tertiary/aromatic N) is 3. The molecular weight excluding hydrogens is 436 g/mol. The Kier molecular flexibility index (Phi) is 8.88. The molecule has 1 saturated heterocycles. The molecule has 1 N–H and O–H groups in total. The van der Waals surface area contributed by atoms with Gasteiger partial charge in [0.25, 0.3) is 5.91 Å². The average molecular weight is 473 g/mol. The average Bonchev–Trinajstić information content (AvgIpc) is 2.84. The number of unbranched alkanes of at least 4 members (excludes halogenated alkanes) is 1. The molecule has 3 rings (SSSR count). The first-order valence-electron chi connectivity index (χ1n) is 11.7. The summed E-state index contributed by atoms with van der Waals surface area (Å²) in [6.07, 6.45) is 1.90. The number of hydrogen-bond acceptors (Lipinski definition) is 5. The van der Waals surface area contributed by atoms with E-state index in [9.17, 15) is 13.2 Å². The van der Waals surface area contributed by atoms with Crippen LogP contribution >= 0.6 is 0 Å². The zero-order chi connectivity index (χ0) is 23.8. The van der Waals surface area contributed by atoms with Crippen molar-refractivity contribution in [3.63, 3.8) is 0 Å². The van der Waals surface area contributed by atoms with Crippen molar-refractivity contribution < 1.29 is 13.2 Å². The van der Waals surface area contributed by atoms with Gasteiger partial charge in [-0.25, -0.2) is 8.42 Å². The molecule has 1 aliphatic heterocycles. The number of nitrogens with one attached hydrogen (secondary N) is 1. The Bertz CT molecular complexity index is 1000. The minimum absolute atomic E-state index is 0.140. The van der Waals surface area contributed by atoms with Gasteiger partial charge in [-0.05, 0) is 63.6 Å². The first-order valence-corrected chi connectivity index (χ1v) is 13.1. The second-order valence-corrected chi connectivity index (χ2v) is 10.8. The fourth-order valence-corrected chi connectivity index (χ4v) is 5.29. The number of para-hydroxylation sites is 1. The van der Waals surface area contributed by atoms with Crippen LogP contribution in [0.25, 0.3) is 0 Å². The zero-order valence-electron chi connectivity index (χ0n) is 19.9. The standard InChI is InChI=1S/C25H36N4O3S/c1-21(2)27(3)33(31,32)24-13-9-10-22(20-24)25(30)26-14-7-8-15-28-16-18-29(19-17-28)23-11-5-4-6-12-23/h4-6,9-13,20-21H,7-8,14-19H2,1-3H3,(H,26,30). The molecule has 33 heavy (non-hydrogen) atoms. The molecule has 0 saturated carbocycles. The topological polar surface area (TPSA) is 73.0 Å². The fourth-order valence-electron chi connectivity index (χ4n) is 3.87. The molecule has 0 aliphatic carbocycles. The van der Waals surface area contributed by atoms with Crippen molar-refractivity contribution in [1.29, 1.82) is 0 Å². The fraction of sp³-hybridized carbons (Fsp3) is 0.480. The van der Waals surface area contributed by atoms with Crippen molar-refractivity contribution in [1.82, 2.24) is 14.5 Å². The Morgan fingerprint density at radius 3 is 2.36 bits per heavy atom. The number of carbonyl (C=O) groups excluding carboxylic acids is 1. The van der Waals surface area contributed by atoms with E-state index in [4.69, 9.17) is 0 Å². The maximum Gasteiger partial charge on any atom is 0.251 e. The molecule has 8 heteroatoms. The van der Waals surface area contributed by atoms with E-state index in [1.807, 2.05) is 19.9 Å². The molecule has 1 amide bonds. The van der Waals surface area contributed by atoms with Crippen LogP contribution in [-0.2, 0) is 10.0 Å². The summed E-state index contributed by atoms with van der Waals surface area (Å²) in [4.78, 5) is 17.6. The van der Waals surface area contributed by atoms with Gasteiger partial charge in [0.1, 0.15) is 0 Å². The molecule has 0 radical (unpaired) electrons. The predicted molar refractivity (Wildman–Crippen MR) is 133 cm³/mol. The maximum atomic E-state index is 12.7. The number of benzene rings is 2. The van der Waals surface area contributed by atoms with Crippen molar-refractivity contribution in [2.24, 2.45) is 0 Å². The molecule has 0 bridgehead atoms. The first-order chi connectivity index (χ1) is 15.8. The van der Waals surface area contributed by atoms with E-state index in [0.29, 0.717) is 12.1 Å². The third kappa shape index (κ3) is 6.79. The second-order valence-electron chi connectivity index (χ2n) is 8.77. The molecular formula is C25H36N4O3S. The summed E-state index contributed by atoms with van der Waals surface area (Å²) in [5.74, 6) is -0.240. The lowest BCUT2D eigenvalue weighted by atomic mass is 10.2. The molecule has 7 nitrogen and oxygen atoms in total. The monoisotopic (exact) mass is 472 g/mol. The van der Waals surface area contributed by atoms with Gasteiger partial charge in [0.15, 0.2) is 0 Å². The van der Waals surface area contributed by atoms with Crippen LogP contribution in [0.2, 0.25) is 0 Å². The van der Waals surface area contributed by atoms with Gasteiger partial charge in [-0.15, -0.1) is 0 Å². The van der Waals surface area contributed by atoms with E-state index in [2.05, 4.69) is 39.4 Å². The zero-order valence-corrected chi connectivity index (χ0v) is 20.7. The normalized spacial score (nSPS) is 15.2. The number of piperazine rings is 1. The second kappa shape index (κ2) is 11.6. The Balaban J connectivity index is 1.39. The van der Waals surface area contributed by atoms with Gasteiger partial charge in [-0.2, -0.15) is 4.31 Å². The number of carbonyl (C=O) groups is 1. The highest BCUT2D eigenvalue weighted by atomic mass is 32.2. The van der Waals surface area contributed by atoms with Crippen LogP contribution in [0.15, 0.2) is 59.5 Å². The van der Waals surface area contributed by atoms with Crippen LogP contribution in [0, 0.1) is 0 Å². The summed E-state index contributed by atoms with van der Waals surface area (Å²) in [5.41, 5.74) is 1.65.